The Balaban J connectivity index is 1.18. The van der Waals surface area contributed by atoms with E-state index in [4.69, 9.17) is 0 Å². The molecule has 0 unspecified atom stereocenters. The fraction of sp³-hybridized carbons (Fsp3) is 0.0811. The van der Waals surface area contributed by atoms with Crippen LogP contribution in [-0.4, -0.2) is 8.07 Å². The average molecular weight is 505 g/mol. The molecule has 6 aromatic rings. The quantitative estimate of drug-likeness (QED) is 0.205. The lowest BCUT2D eigenvalue weighted by Crippen LogP contribution is -2.37. The summed E-state index contributed by atoms with van der Waals surface area (Å²) < 4.78 is 0. The third kappa shape index (κ3) is 4.98. The molecule has 0 atom stereocenters. The van der Waals surface area contributed by atoms with Crippen molar-refractivity contribution in [3.05, 3.63) is 140 Å². The molecular weight excluding hydrogens is 472 g/mol. The van der Waals surface area contributed by atoms with Gasteiger partial charge in [-0.2, -0.15) is 0 Å². The summed E-state index contributed by atoms with van der Waals surface area (Å²) in [6, 6.07) is 51.1. The van der Waals surface area contributed by atoms with Crippen molar-refractivity contribution in [1.29, 1.82) is 0 Å². The molecule has 0 aliphatic heterocycles. The highest BCUT2D eigenvalue weighted by atomic mass is 28.3. The van der Waals surface area contributed by atoms with E-state index in [0.29, 0.717) is 0 Å². The Labute approximate surface area is 227 Å². The van der Waals surface area contributed by atoms with Gasteiger partial charge in [-0.05, 0) is 61.3 Å². The molecular formula is C37H32Si. The fourth-order valence-corrected chi connectivity index (χ4v) is 6.26. The SMILES string of the molecule is C[Si](C)(C)c1ccc(-c2ccc(-c3ccc(-c4ccc(-c5ccc6ccccc6c5)cc4)cc3)cc2)cc1. The minimum atomic E-state index is -1.27. The minimum absolute atomic E-state index is 1.23. The van der Waals surface area contributed by atoms with Crippen molar-refractivity contribution < 1.29 is 0 Å². The molecule has 6 rings (SSSR count). The highest BCUT2D eigenvalue weighted by Gasteiger charge is 2.15. The molecule has 0 saturated carbocycles. The Kier molecular flexibility index (Phi) is 6.31. The highest BCUT2D eigenvalue weighted by Crippen LogP contribution is 2.30. The smallest absolute Gasteiger partial charge is 0.0656 e. The van der Waals surface area contributed by atoms with E-state index in [1.807, 2.05) is 0 Å². The van der Waals surface area contributed by atoms with Gasteiger partial charge in [0, 0.05) is 0 Å². The third-order valence-electron chi connectivity index (χ3n) is 7.49. The van der Waals surface area contributed by atoms with Gasteiger partial charge < -0.3 is 0 Å². The molecule has 0 aliphatic carbocycles. The van der Waals surface area contributed by atoms with Crippen LogP contribution in [0.5, 0.6) is 0 Å². The minimum Gasteiger partial charge on any atom is -0.0656 e. The van der Waals surface area contributed by atoms with Gasteiger partial charge in [0.2, 0.25) is 0 Å². The Bertz CT molecular complexity index is 1680. The number of hydrogen-bond acceptors (Lipinski definition) is 0. The van der Waals surface area contributed by atoms with Crippen LogP contribution in [0.1, 0.15) is 0 Å². The maximum Gasteiger partial charge on any atom is 0.0775 e. The molecule has 0 nitrogen and oxygen atoms in total. The lowest BCUT2D eigenvalue weighted by Gasteiger charge is -2.16. The summed E-state index contributed by atoms with van der Waals surface area (Å²) >= 11 is 0. The number of fused-ring (bicyclic) bond motifs is 1. The molecule has 0 saturated heterocycles. The second-order valence-electron chi connectivity index (χ2n) is 11.1. The van der Waals surface area contributed by atoms with Gasteiger partial charge in [0.1, 0.15) is 0 Å². The van der Waals surface area contributed by atoms with E-state index in [0.717, 1.165) is 0 Å². The maximum atomic E-state index is 2.39. The Hall–Kier alpha value is -4.20. The van der Waals surface area contributed by atoms with E-state index in [9.17, 15) is 0 Å². The van der Waals surface area contributed by atoms with Crippen LogP contribution in [0.4, 0.5) is 0 Å². The number of benzene rings is 6. The zero-order valence-corrected chi connectivity index (χ0v) is 23.3. The van der Waals surface area contributed by atoms with Crippen molar-refractivity contribution >= 4 is 24.0 Å². The van der Waals surface area contributed by atoms with Gasteiger partial charge in [0.15, 0.2) is 0 Å². The summed E-state index contributed by atoms with van der Waals surface area (Å²) in [4.78, 5) is 0. The Morgan fingerprint density at radius 1 is 0.316 bits per heavy atom. The van der Waals surface area contributed by atoms with Crippen LogP contribution in [0.25, 0.3) is 55.3 Å². The molecule has 38 heavy (non-hydrogen) atoms. The maximum absolute atomic E-state index is 2.39. The second kappa shape index (κ2) is 9.93. The van der Waals surface area contributed by atoms with Gasteiger partial charge in [0.05, 0.1) is 8.07 Å². The molecule has 0 bridgehead atoms. The first-order valence-electron chi connectivity index (χ1n) is 13.4. The van der Waals surface area contributed by atoms with E-state index in [2.05, 4.69) is 159 Å². The summed E-state index contributed by atoms with van der Waals surface area (Å²) in [5.74, 6) is 0. The van der Waals surface area contributed by atoms with Crippen molar-refractivity contribution in [3.8, 4) is 44.5 Å². The van der Waals surface area contributed by atoms with Gasteiger partial charge in [0.25, 0.3) is 0 Å². The summed E-state index contributed by atoms with van der Waals surface area (Å²) in [7, 11) is -1.27. The molecule has 6 aromatic carbocycles. The highest BCUT2D eigenvalue weighted by molar-refractivity contribution is 6.88. The third-order valence-corrected chi connectivity index (χ3v) is 9.55. The largest absolute Gasteiger partial charge is 0.0775 e. The first-order chi connectivity index (χ1) is 18.4. The topological polar surface area (TPSA) is 0 Å². The standard InChI is InChI=1S/C37H32Si/c1-38(2,3)37-24-22-33(23-25-37)32-14-12-29(13-15-32)28-8-10-30(11-9-28)31-16-18-34(19-17-31)36-21-20-27-6-4-5-7-35(27)26-36/h4-26H,1-3H3. The van der Waals surface area contributed by atoms with Crippen molar-refractivity contribution in [2.75, 3.05) is 0 Å². The van der Waals surface area contributed by atoms with Crippen LogP contribution in [-0.2, 0) is 0 Å². The van der Waals surface area contributed by atoms with Crippen molar-refractivity contribution in [1.82, 2.24) is 0 Å². The van der Waals surface area contributed by atoms with E-state index in [1.54, 1.807) is 0 Å². The van der Waals surface area contributed by atoms with Crippen LogP contribution in [0.2, 0.25) is 19.6 Å². The lowest BCUT2D eigenvalue weighted by atomic mass is 9.96. The van der Waals surface area contributed by atoms with E-state index < -0.39 is 8.07 Å². The molecule has 0 aliphatic rings. The van der Waals surface area contributed by atoms with E-state index in [1.165, 1.54) is 60.5 Å². The zero-order chi connectivity index (χ0) is 26.1. The van der Waals surface area contributed by atoms with E-state index in [-0.39, 0.29) is 0 Å². The number of rotatable bonds is 5. The van der Waals surface area contributed by atoms with Gasteiger partial charge in [-0.1, -0.05) is 158 Å². The lowest BCUT2D eigenvalue weighted by molar-refractivity contribution is 1.57. The number of hydrogen-bond donors (Lipinski definition) is 0. The molecule has 0 radical (unpaired) electrons. The van der Waals surface area contributed by atoms with Crippen molar-refractivity contribution in [2.24, 2.45) is 0 Å². The monoisotopic (exact) mass is 504 g/mol. The Morgan fingerprint density at radius 3 is 1.03 bits per heavy atom. The van der Waals surface area contributed by atoms with Crippen LogP contribution in [0, 0.1) is 0 Å². The molecule has 0 heterocycles. The first-order valence-corrected chi connectivity index (χ1v) is 16.9. The molecule has 0 amide bonds. The Morgan fingerprint density at radius 2 is 0.632 bits per heavy atom. The van der Waals surface area contributed by atoms with Crippen LogP contribution in [0.15, 0.2) is 140 Å². The van der Waals surface area contributed by atoms with Gasteiger partial charge >= 0.3 is 0 Å². The molecule has 0 aromatic heterocycles. The predicted molar refractivity (Wildman–Crippen MR) is 169 cm³/mol. The molecule has 184 valence electrons. The van der Waals surface area contributed by atoms with E-state index >= 15 is 0 Å². The molecule has 0 spiro atoms. The first kappa shape index (κ1) is 24.2. The average Bonchev–Trinajstić information content (AvgIpc) is 2.97. The summed E-state index contributed by atoms with van der Waals surface area (Å²) in [6.45, 7) is 7.18. The van der Waals surface area contributed by atoms with Crippen molar-refractivity contribution in [3.63, 3.8) is 0 Å². The van der Waals surface area contributed by atoms with Gasteiger partial charge in [-0.15, -0.1) is 0 Å². The molecule has 0 fully saturated rings. The van der Waals surface area contributed by atoms with Crippen LogP contribution >= 0.6 is 0 Å². The van der Waals surface area contributed by atoms with Crippen molar-refractivity contribution in [2.45, 2.75) is 19.6 Å². The second-order valence-corrected chi connectivity index (χ2v) is 16.2. The molecule has 1 heteroatoms. The van der Waals surface area contributed by atoms with Gasteiger partial charge in [-0.25, -0.2) is 0 Å². The zero-order valence-electron chi connectivity index (χ0n) is 22.3. The summed E-state index contributed by atoms with van der Waals surface area (Å²) in [5, 5.41) is 4.05. The van der Waals surface area contributed by atoms with Crippen LogP contribution < -0.4 is 5.19 Å². The fourth-order valence-electron chi connectivity index (χ4n) is 5.10. The normalized spacial score (nSPS) is 11.6. The predicted octanol–water partition coefficient (Wildman–Crippen LogP) is 10.1. The summed E-state index contributed by atoms with van der Waals surface area (Å²) in [5.41, 5.74) is 9.98. The summed E-state index contributed by atoms with van der Waals surface area (Å²) in [6.07, 6.45) is 0. The molecule has 0 N–H and O–H groups in total. The van der Waals surface area contributed by atoms with Gasteiger partial charge in [-0.3, -0.25) is 0 Å². The van der Waals surface area contributed by atoms with Crippen LogP contribution in [0.3, 0.4) is 0 Å².